The fourth-order valence-corrected chi connectivity index (χ4v) is 10.7. The average molecular weight is 806 g/mol. The van der Waals surface area contributed by atoms with Gasteiger partial charge in [0, 0.05) is 37.2 Å². The van der Waals surface area contributed by atoms with Crippen molar-refractivity contribution in [3.05, 3.63) is 237 Å². The van der Waals surface area contributed by atoms with Crippen molar-refractivity contribution in [1.29, 1.82) is 0 Å². The van der Waals surface area contributed by atoms with E-state index in [1.54, 1.807) is 0 Å². The van der Waals surface area contributed by atoms with E-state index in [4.69, 9.17) is 0 Å². The maximum absolute atomic E-state index is 2.42. The van der Waals surface area contributed by atoms with E-state index in [0.29, 0.717) is 0 Å². The monoisotopic (exact) mass is 805 g/mol. The van der Waals surface area contributed by atoms with Crippen molar-refractivity contribution < 1.29 is 0 Å². The molecule has 12 aromatic rings. The molecule has 62 heavy (non-hydrogen) atoms. The van der Waals surface area contributed by atoms with Gasteiger partial charge in [-0.3, -0.25) is 0 Å². The summed E-state index contributed by atoms with van der Waals surface area (Å²) in [7, 11) is 0. The predicted octanol–water partition coefficient (Wildman–Crippen LogP) is 17.7. The second kappa shape index (κ2) is 15.0. The number of para-hydroxylation sites is 1. The number of anilines is 3. The zero-order chi connectivity index (χ0) is 41.0. The number of hydrogen-bond acceptors (Lipinski definition) is 2. The SMILES string of the molecule is c1ccc(-c2ccc(-c3ccc(N(c4ccccc4)c4ccc5c(c4)c4ccccc4c4ccccc4c4ccccc4c4c5ccc5sc6ccccc6c54)cc3)cc2)cc1. The molecule has 0 saturated carbocycles. The molecule has 1 nitrogen and oxygen atoms in total. The summed E-state index contributed by atoms with van der Waals surface area (Å²) in [6.45, 7) is 0. The predicted molar refractivity (Wildman–Crippen MR) is 270 cm³/mol. The van der Waals surface area contributed by atoms with E-state index in [-0.39, 0.29) is 0 Å². The van der Waals surface area contributed by atoms with Gasteiger partial charge in [0.25, 0.3) is 0 Å². The minimum Gasteiger partial charge on any atom is -0.310 e. The molecule has 0 atom stereocenters. The van der Waals surface area contributed by atoms with E-state index in [2.05, 4.69) is 241 Å². The Hall–Kier alpha value is -7.78. The molecular weight excluding hydrogens is 767 g/mol. The number of hydrogen-bond donors (Lipinski definition) is 0. The number of fused-ring (bicyclic) bond motifs is 14. The lowest BCUT2D eigenvalue weighted by Gasteiger charge is -2.26. The third-order valence-electron chi connectivity index (χ3n) is 12.5. The van der Waals surface area contributed by atoms with Crippen molar-refractivity contribution in [3.63, 3.8) is 0 Å². The lowest BCUT2D eigenvalue weighted by atomic mass is 9.92. The van der Waals surface area contributed by atoms with Gasteiger partial charge in [0.2, 0.25) is 0 Å². The lowest BCUT2D eigenvalue weighted by molar-refractivity contribution is 1.29. The molecule has 1 heterocycles. The Morgan fingerprint density at radius 2 is 0.613 bits per heavy atom. The summed E-state index contributed by atoms with van der Waals surface area (Å²) in [5, 5.41) is 14.9. The molecular formula is C60H39NS. The molecule has 0 aliphatic rings. The summed E-state index contributed by atoms with van der Waals surface area (Å²) >= 11 is 1.88. The van der Waals surface area contributed by atoms with Gasteiger partial charge in [-0.05, 0) is 125 Å². The molecule has 0 bridgehead atoms. The molecule has 2 heteroatoms. The van der Waals surface area contributed by atoms with Crippen LogP contribution in [0.25, 0.3) is 96.3 Å². The first-order valence-electron chi connectivity index (χ1n) is 21.3. The summed E-state index contributed by atoms with van der Waals surface area (Å²) in [6.07, 6.45) is 0. The molecule has 0 amide bonds. The number of benzene rings is 10. The third-order valence-corrected chi connectivity index (χ3v) is 13.6. The Bertz CT molecular complexity index is 3720. The molecule has 290 valence electrons. The van der Waals surface area contributed by atoms with Crippen LogP contribution in [-0.2, 0) is 0 Å². The number of nitrogens with zero attached hydrogens (tertiary/aromatic N) is 1. The highest BCUT2D eigenvalue weighted by atomic mass is 32.1. The van der Waals surface area contributed by atoms with Crippen molar-refractivity contribution in [2.75, 3.05) is 4.90 Å². The zero-order valence-corrected chi connectivity index (χ0v) is 34.7. The van der Waals surface area contributed by atoms with Crippen LogP contribution >= 0.6 is 11.3 Å². The Balaban J connectivity index is 1.15. The molecule has 0 spiro atoms. The standard InChI is InChI=1S/C60H39NS/c1-3-15-40(16-4-1)41-27-29-42(30-28-41)43-31-33-45(34-32-43)61(44-17-5-2-6-18-44)46-35-36-52-54-37-38-58-60(55-25-13-14-26-57(55)62-58)59(54)53-24-12-11-22-50(53)48-20-8-7-19-47(48)49-21-9-10-23-51(49)56(52)39-46/h1-39H. The first kappa shape index (κ1) is 36.1. The van der Waals surface area contributed by atoms with Gasteiger partial charge in [0.1, 0.15) is 0 Å². The van der Waals surface area contributed by atoms with Gasteiger partial charge in [-0.25, -0.2) is 0 Å². The van der Waals surface area contributed by atoms with Crippen LogP contribution in [0.15, 0.2) is 237 Å². The van der Waals surface area contributed by atoms with Gasteiger partial charge in [0.15, 0.2) is 0 Å². The van der Waals surface area contributed by atoms with Crippen molar-refractivity contribution >= 4 is 102 Å². The number of thiophene rings is 1. The second-order valence-electron chi connectivity index (χ2n) is 16.0. The quantitative estimate of drug-likeness (QED) is 0.167. The molecule has 0 radical (unpaired) electrons. The van der Waals surface area contributed by atoms with Crippen molar-refractivity contribution in [2.24, 2.45) is 0 Å². The van der Waals surface area contributed by atoms with E-state index in [1.165, 1.54) is 96.3 Å². The highest BCUT2D eigenvalue weighted by Crippen LogP contribution is 2.45. The minimum atomic E-state index is 1.10. The van der Waals surface area contributed by atoms with Gasteiger partial charge in [-0.2, -0.15) is 0 Å². The van der Waals surface area contributed by atoms with Crippen LogP contribution in [0.5, 0.6) is 0 Å². The van der Waals surface area contributed by atoms with E-state index in [9.17, 15) is 0 Å². The summed E-state index contributed by atoms with van der Waals surface area (Å²) in [5.74, 6) is 0. The highest BCUT2D eigenvalue weighted by Gasteiger charge is 2.17. The first-order chi connectivity index (χ1) is 30.8. The molecule has 0 aliphatic heterocycles. The van der Waals surface area contributed by atoms with Gasteiger partial charge in [-0.15, -0.1) is 11.3 Å². The fraction of sp³-hybridized carbons (Fsp3) is 0. The van der Waals surface area contributed by atoms with E-state index >= 15 is 0 Å². The molecule has 0 fully saturated rings. The normalized spacial score (nSPS) is 11.5. The van der Waals surface area contributed by atoms with Crippen molar-refractivity contribution in [2.45, 2.75) is 0 Å². The molecule has 0 aliphatic carbocycles. The maximum Gasteiger partial charge on any atom is 0.0468 e. The molecule has 1 aromatic heterocycles. The first-order valence-corrected chi connectivity index (χ1v) is 22.1. The van der Waals surface area contributed by atoms with Crippen LogP contribution in [0.2, 0.25) is 0 Å². The summed E-state index contributed by atoms with van der Waals surface area (Å²) in [5.41, 5.74) is 8.12. The van der Waals surface area contributed by atoms with Crippen LogP contribution in [0.1, 0.15) is 0 Å². The molecule has 0 N–H and O–H groups in total. The van der Waals surface area contributed by atoms with E-state index in [1.807, 2.05) is 11.3 Å². The van der Waals surface area contributed by atoms with E-state index < -0.39 is 0 Å². The van der Waals surface area contributed by atoms with Crippen LogP contribution in [-0.4, -0.2) is 0 Å². The molecule has 12 rings (SSSR count). The second-order valence-corrected chi connectivity index (χ2v) is 17.1. The van der Waals surface area contributed by atoms with Gasteiger partial charge in [-0.1, -0.05) is 188 Å². The van der Waals surface area contributed by atoms with E-state index in [0.717, 1.165) is 17.1 Å². The van der Waals surface area contributed by atoms with Crippen LogP contribution in [0.3, 0.4) is 0 Å². The van der Waals surface area contributed by atoms with Crippen LogP contribution in [0, 0.1) is 0 Å². The van der Waals surface area contributed by atoms with Crippen molar-refractivity contribution in [3.8, 4) is 22.3 Å². The lowest BCUT2D eigenvalue weighted by Crippen LogP contribution is -2.09. The molecule has 0 unspecified atom stereocenters. The van der Waals surface area contributed by atoms with Gasteiger partial charge < -0.3 is 4.90 Å². The van der Waals surface area contributed by atoms with Crippen LogP contribution in [0.4, 0.5) is 17.1 Å². The average Bonchev–Trinajstić information content (AvgIpc) is 3.73. The Morgan fingerprint density at radius 1 is 0.226 bits per heavy atom. The summed E-state index contributed by atoms with van der Waals surface area (Å²) < 4.78 is 2.61. The maximum atomic E-state index is 2.42. The largest absolute Gasteiger partial charge is 0.310 e. The molecule has 11 aromatic carbocycles. The van der Waals surface area contributed by atoms with Gasteiger partial charge >= 0.3 is 0 Å². The fourth-order valence-electron chi connectivity index (χ4n) is 9.60. The van der Waals surface area contributed by atoms with Crippen LogP contribution < -0.4 is 4.90 Å². The van der Waals surface area contributed by atoms with Gasteiger partial charge in [0.05, 0.1) is 0 Å². The minimum absolute atomic E-state index is 1.10. The summed E-state index contributed by atoms with van der Waals surface area (Å²) in [6, 6.07) is 86.9. The smallest absolute Gasteiger partial charge is 0.0468 e. The zero-order valence-electron chi connectivity index (χ0n) is 33.9. The topological polar surface area (TPSA) is 3.24 Å². The summed E-state index contributed by atoms with van der Waals surface area (Å²) in [4.78, 5) is 2.39. The Labute approximate surface area is 364 Å². The molecule has 0 saturated heterocycles. The van der Waals surface area contributed by atoms with Crippen molar-refractivity contribution in [1.82, 2.24) is 0 Å². The third kappa shape index (κ3) is 6.07. The highest BCUT2D eigenvalue weighted by molar-refractivity contribution is 7.26. The Morgan fingerprint density at radius 3 is 1.23 bits per heavy atom. The Kier molecular flexibility index (Phi) is 8.76. The number of rotatable bonds is 5.